The molecular formula is C26H32N4O3S. The molecule has 1 amide bonds. The van der Waals surface area contributed by atoms with E-state index < -0.39 is 0 Å². The Balaban J connectivity index is 1.40. The number of methoxy groups -OCH3 is 1. The smallest absolute Gasteiger partial charge is 0.246 e. The van der Waals surface area contributed by atoms with Gasteiger partial charge in [0.25, 0.3) is 0 Å². The van der Waals surface area contributed by atoms with Crippen molar-refractivity contribution >= 4 is 22.2 Å². The summed E-state index contributed by atoms with van der Waals surface area (Å²) in [6.07, 6.45) is 5.68. The lowest BCUT2D eigenvalue weighted by molar-refractivity contribution is -0.127. The minimum atomic E-state index is -0.201. The van der Waals surface area contributed by atoms with Gasteiger partial charge >= 0.3 is 0 Å². The maximum Gasteiger partial charge on any atom is 0.246 e. The third-order valence-corrected chi connectivity index (χ3v) is 8.10. The summed E-state index contributed by atoms with van der Waals surface area (Å²) < 4.78 is 13.7. The standard InChI is InChI=1S/C26H32N4O3S/c1-4-14-33-24-23(28-22(31)17-32-3)19-7-5-6-8-20(19)26(24)9-11-29(12-10-26)16-21-18(2)27-25-30(21)13-15-34-25/h4-8,13,15,23-24H,1,9-12,14,16-17H2,2-3H3,(H,28,31)/t23-,24+/m1/s1. The molecule has 3 aromatic rings. The molecule has 2 aromatic heterocycles. The Hall–Kier alpha value is -2.52. The third-order valence-electron chi connectivity index (χ3n) is 7.35. The van der Waals surface area contributed by atoms with Gasteiger partial charge < -0.3 is 14.8 Å². The SMILES string of the molecule is C=CCO[C@H]1[C@H](NC(=O)COC)c2ccccc2C12CCN(Cc1c(C)nc3sccn13)CC2. The number of hydrogen-bond acceptors (Lipinski definition) is 6. The number of nitrogens with zero attached hydrogens (tertiary/aromatic N) is 3. The molecule has 1 spiro atoms. The number of imidazole rings is 1. The summed E-state index contributed by atoms with van der Waals surface area (Å²) in [6.45, 7) is 9.23. The lowest BCUT2D eigenvalue weighted by Gasteiger charge is -2.44. The molecule has 3 heterocycles. The zero-order valence-electron chi connectivity index (χ0n) is 19.8. The van der Waals surface area contributed by atoms with Crippen molar-refractivity contribution in [1.82, 2.24) is 19.6 Å². The fourth-order valence-corrected chi connectivity index (χ4v) is 6.57. The molecule has 0 bridgehead atoms. The van der Waals surface area contributed by atoms with Gasteiger partial charge in [-0.2, -0.15) is 0 Å². The summed E-state index contributed by atoms with van der Waals surface area (Å²) in [5.41, 5.74) is 4.67. The van der Waals surface area contributed by atoms with Crippen LogP contribution in [0.15, 0.2) is 48.5 Å². The number of ether oxygens (including phenoxy) is 2. The molecule has 1 aliphatic carbocycles. The predicted octanol–water partition coefficient (Wildman–Crippen LogP) is 3.63. The molecule has 0 radical (unpaired) electrons. The molecule has 0 saturated carbocycles. The Kier molecular flexibility index (Phi) is 6.57. The van der Waals surface area contributed by atoms with E-state index in [9.17, 15) is 4.79 Å². The minimum absolute atomic E-state index is 0.0371. The Bertz CT molecular complexity index is 1180. The van der Waals surface area contributed by atoms with Gasteiger partial charge in [0, 0.05) is 30.6 Å². The summed E-state index contributed by atoms with van der Waals surface area (Å²) in [5, 5.41) is 5.28. The zero-order valence-corrected chi connectivity index (χ0v) is 20.6. The first-order chi connectivity index (χ1) is 16.6. The number of aromatic nitrogens is 2. The van der Waals surface area contributed by atoms with Crippen LogP contribution in [0, 0.1) is 6.92 Å². The molecule has 1 aliphatic heterocycles. The van der Waals surface area contributed by atoms with Crippen molar-refractivity contribution in [1.29, 1.82) is 0 Å². The Labute approximate surface area is 204 Å². The van der Waals surface area contributed by atoms with Gasteiger partial charge in [-0.05, 0) is 44.0 Å². The second kappa shape index (κ2) is 9.62. The third kappa shape index (κ3) is 3.98. The van der Waals surface area contributed by atoms with Crippen molar-refractivity contribution < 1.29 is 14.3 Å². The number of hydrogen-bond donors (Lipinski definition) is 1. The van der Waals surface area contributed by atoms with Crippen LogP contribution in [0.2, 0.25) is 0 Å². The van der Waals surface area contributed by atoms with Crippen LogP contribution in [-0.2, 0) is 26.2 Å². The zero-order chi connectivity index (χ0) is 23.7. The van der Waals surface area contributed by atoms with E-state index in [4.69, 9.17) is 14.5 Å². The molecule has 34 heavy (non-hydrogen) atoms. The molecule has 7 nitrogen and oxygen atoms in total. The van der Waals surface area contributed by atoms with Gasteiger partial charge in [0.15, 0.2) is 4.96 Å². The van der Waals surface area contributed by atoms with Gasteiger partial charge in [0.2, 0.25) is 5.91 Å². The fraction of sp³-hybridized carbons (Fsp3) is 0.462. The van der Waals surface area contributed by atoms with E-state index in [0.29, 0.717) is 6.61 Å². The largest absolute Gasteiger partial charge is 0.375 e. The number of rotatable bonds is 8. The van der Waals surface area contributed by atoms with Crippen LogP contribution in [0.3, 0.4) is 0 Å². The van der Waals surface area contributed by atoms with E-state index in [1.807, 2.05) is 6.07 Å². The molecule has 0 unspecified atom stereocenters. The summed E-state index contributed by atoms with van der Waals surface area (Å²) in [5.74, 6) is -0.125. The lowest BCUT2D eigenvalue weighted by atomic mass is 9.71. The molecule has 2 aliphatic rings. The molecule has 1 aromatic carbocycles. The number of thiazole rings is 1. The van der Waals surface area contributed by atoms with Gasteiger partial charge in [0.1, 0.15) is 6.61 Å². The van der Waals surface area contributed by atoms with Crippen molar-refractivity contribution in [3.8, 4) is 0 Å². The van der Waals surface area contributed by atoms with Crippen molar-refractivity contribution in [2.24, 2.45) is 0 Å². The molecule has 1 N–H and O–H groups in total. The highest BCUT2D eigenvalue weighted by Crippen LogP contribution is 2.52. The van der Waals surface area contributed by atoms with Crippen LogP contribution in [0.25, 0.3) is 4.96 Å². The summed E-state index contributed by atoms with van der Waals surface area (Å²) >= 11 is 1.67. The normalized spacial score (nSPS) is 21.7. The van der Waals surface area contributed by atoms with Crippen LogP contribution >= 0.6 is 11.3 Å². The number of nitrogens with one attached hydrogen (secondary N) is 1. The quantitative estimate of drug-likeness (QED) is 0.499. The summed E-state index contributed by atoms with van der Waals surface area (Å²) in [7, 11) is 1.54. The molecule has 1 saturated heterocycles. The Morgan fingerprint density at radius 2 is 2.15 bits per heavy atom. The van der Waals surface area contributed by atoms with E-state index in [2.05, 4.69) is 57.9 Å². The van der Waals surface area contributed by atoms with E-state index in [1.54, 1.807) is 17.4 Å². The van der Waals surface area contributed by atoms with E-state index in [-0.39, 0.29) is 30.1 Å². The average Bonchev–Trinajstić information content (AvgIpc) is 3.47. The van der Waals surface area contributed by atoms with Crippen LogP contribution in [0.4, 0.5) is 0 Å². The summed E-state index contributed by atoms with van der Waals surface area (Å²) in [6, 6.07) is 8.28. The highest BCUT2D eigenvalue weighted by molar-refractivity contribution is 7.15. The molecule has 5 rings (SSSR count). The number of carbonyl (C=O) groups excluding carboxylic acids is 1. The molecular weight excluding hydrogens is 448 g/mol. The second-order valence-corrected chi connectivity index (χ2v) is 10.1. The predicted molar refractivity (Wildman–Crippen MR) is 133 cm³/mol. The van der Waals surface area contributed by atoms with Crippen molar-refractivity contribution in [2.45, 2.75) is 43.9 Å². The number of piperidine rings is 1. The first kappa shape index (κ1) is 23.2. The molecule has 8 heteroatoms. The molecule has 2 atom stereocenters. The maximum atomic E-state index is 12.5. The number of benzene rings is 1. The van der Waals surface area contributed by atoms with Crippen molar-refractivity contribution in [2.75, 3.05) is 33.4 Å². The fourth-order valence-electron chi connectivity index (χ4n) is 5.79. The Morgan fingerprint density at radius 3 is 2.91 bits per heavy atom. The topological polar surface area (TPSA) is 68.1 Å². The highest BCUT2D eigenvalue weighted by atomic mass is 32.1. The number of fused-ring (bicyclic) bond motifs is 3. The summed E-state index contributed by atoms with van der Waals surface area (Å²) in [4.78, 5) is 20.8. The second-order valence-electron chi connectivity index (χ2n) is 9.24. The molecule has 180 valence electrons. The number of likely N-dealkylation sites (tertiary alicyclic amines) is 1. The minimum Gasteiger partial charge on any atom is -0.375 e. The van der Waals surface area contributed by atoms with Gasteiger partial charge in [-0.3, -0.25) is 14.1 Å². The van der Waals surface area contributed by atoms with Crippen molar-refractivity contribution in [3.63, 3.8) is 0 Å². The highest BCUT2D eigenvalue weighted by Gasteiger charge is 2.54. The van der Waals surface area contributed by atoms with Crippen LogP contribution in [-0.4, -0.2) is 59.7 Å². The monoisotopic (exact) mass is 480 g/mol. The van der Waals surface area contributed by atoms with E-state index in [1.165, 1.54) is 18.4 Å². The van der Waals surface area contributed by atoms with E-state index in [0.717, 1.165) is 48.7 Å². The average molecular weight is 481 g/mol. The van der Waals surface area contributed by atoms with Gasteiger partial charge in [-0.25, -0.2) is 4.98 Å². The van der Waals surface area contributed by atoms with Gasteiger partial charge in [-0.15, -0.1) is 17.9 Å². The van der Waals surface area contributed by atoms with Crippen LogP contribution in [0.1, 0.15) is 41.4 Å². The first-order valence-corrected chi connectivity index (χ1v) is 12.7. The van der Waals surface area contributed by atoms with Gasteiger partial charge in [0.05, 0.1) is 30.1 Å². The number of carbonyl (C=O) groups is 1. The van der Waals surface area contributed by atoms with Crippen LogP contribution in [0.5, 0.6) is 0 Å². The first-order valence-electron chi connectivity index (χ1n) is 11.8. The van der Waals surface area contributed by atoms with Crippen LogP contribution < -0.4 is 5.32 Å². The number of aryl methyl sites for hydroxylation is 1. The Morgan fingerprint density at radius 1 is 1.35 bits per heavy atom. The molecule has 1 fully saturated rings. The maximum absolute atomic E-state index is 12.5. The van der Waals surface area contributed by atoms with Crippen molar-refractivity contribution in [3.05, 3.63) is 71.0 Å². The van der Waals surface area contributed by atoms with E-state index >= 15 is 0 Å². The van der Waals surface area contributed by atoms with Gasteiger partial charge in [-0.1, -0.05) is 30.3 Å². The number of amides is 1. The lowest BCUT2D eigenvalue weighted by Crippen LogP contribution is -2.51.